The number of rotatable bonds is 3. The smallest absolute Gasteiger partial charge is 0.0411 e. The van der Waals surface area contributed by atoms with Crippen LogP contribution in [0.15, 0.2) is 12.1 Å². The molecule has 0 unspecified atom stereocenters. The first-order valence-electron chi connectivity index (χ1n) is 7.06. The van der Waals surface area contributed by atoms with E-state index in [2.05, 4.69) is 22.3 Å². The molecule has 0 aromatic heterocycles. The van der Waals surface area contributed by atoms with Crippen LogP contribution < -0.4 is 5.32 Å². The number of nitrogens with zero attached hydrogens (tertiary/aromatic N) is 1. The van der Waals surface area contributed by atoms with E-state index in [0.29, 0.717) is 0 Å². The van der Waals surface area contributed by atoms with E-state index in [1.54, 1.807) is 5.56 Å². The quantitative estimate of drug-likeness (QED) is 0.901. The lowest BCUT2D eigenvalue weighted by molar-refractivity contribution is 0.244. The Bertz CT molecular complexity index is 425. The number of hydrogen-bond acceptors (Lipinski definition) is 2. The Labute approximate surface area is 114 Å². The van der Waals surface area contributed by atoms with Gasteiger partial charge in [0, 0.05) is 37.7 Å². The molecule has 3 heteroatoms. The van der Waals surface area contributed by atoms with Crippen molar-refractivity contribution in [2.45, 2.75) is 25.7 Å². The van der Waals surface area contributed by atoms with Gasteiger partial charge in [0.25, 0.3) is 0 Å². The lowest BCUT2D eigenvalue weighted by atomic mass is 10.0. The highest BCUT2D eigenvalue weighted by molar-refractivity contribution is 6.30. The highest BCUT2D eigenvalue weighted by atomic mass is 35.5. The number of hydrogen-bond donors (Lipinski definition) is 1. The fourth-order valence-corrected chi connectivity index (χ4v) is 3.45. The van der Waals surface area contributed by atoms with Crippen LogP contribution in [0.2, 0.25) is 5.02 Å². The Balaban J connectivity index is 1.68. The van der Waals surface area contributed by atoms with Gasteiger partial charge in [0.1, 0.15) is 0 Å². The largest absolute Gasteiger partial charge is 0.314 e. The van der Waals surface area contributed by atoms with Crippen molar-refractivity contribution in [1.29, 1.82) is 0 Å². The Morgan fingerprint density at radius 2 is 2.00 bits per heavy atom. The van der Waals surface area contributed by atoms with Gasteiger partial charge in [0.2, 0.25) is 0 Å². The van der Waals surface area contributed by atoms with Gasteiger partial charge in [-0.2, -0.15) is 0 Å². The van der Waals surface area contributed by atoms with Crippen LogP contribution in [0.1, 0.15) is 23.1 Å². The highest BCUT2D eigenvalue weighted by Crippen LogP contribution is 2.29. The monoisotopic (exact) mass is 264 g/mol. The van der Waals surface area contributed by atoms with Crippen LogP contribution >= 0.6 is 11.6 Å². The van der Waals surface area contributed by atoms with Crippen LogP contribution in [-0.2, 0) is 19.3 Å². The van der Waals surface area contributed by atoms with Crippen molar-refractivity contribution >= 4 is 11.6 Å². The molecule has 0 radical (unpaired) electrons. The van der Waals surface area contributed by atoms with Crippen LogP contribution in [0.25, 0.3) is 0 Å². The van der Waals surface area contributed by atoms with Crippen LogP contribution in [-0.4, -0.2) is 37.6 Å². The third-order valence-electron chi connectivity index (χ3n) is 4.18. The van der Waals surface area contributed by atoms with Gasteiger partial charge in [-0.05, 0) is 54.5 Å². The first-order valence-corrected chi connectivity index (χ1v) is 7.44. The van der Waals surface area contributed by atoms with Crippen molar-refractivity contribution in [2.75, 3.05) is 32.7 Å². The minimum Gasteiger partial charge on any atom is -0.314 e. The van der Waals surface area contributed by atoms with E-state index in [1.165, 1.54) is 50.0 Å². The summed E-state index contributed by atoms with van der Waals surface area (Å²) < 4.78 is 0. The van der Waals surface area contributed by atoms with Gasteiger partial charge in [-0.1, -0.05) is 11.6 Å². The molecule has 3 rings (SSSR count). The van der Waals surface area contributed by atoms with E-state index in [-0.39, 0.29) is 0 Å². The molecule has 0 amide bonds. The fourth-order valence-electron chi connectivity index (χ4n) is 3.19. The van der Waals surface area contributed by atoms with Gasteiger partial charge in [-0.25, -0.2) is 0 Å². The van der Waals surface area contributed by atoms with E-state index >= 15 is 0 Å². The summed E-state index contributed by atoms with van der Waals surface area (Å²) in [6.45, 7) is 5.81. The van der Waals surface area contributed by atoms with E-state index in [0.717, 1.165) is 24.5 Å². The predicted molar refractivity (Wildman–Crippen MR) is 76.5 cm³/mol. The molecule has 2 nitrogen and oxygen atoms in total. The molecule has 0 spiro atoms. The molecule has 18 heavy (non-hydrogen) atoms. The van der Waals surface area contributed by atoms with E-state index in [4.69, 9.17) is 11.6 Å². The topological polar surface area (TPSA) is 15.3 Å². The summed E-state index contributed by atoms with van der Waals surface area (Å²) in [6, 6.07) is 4.35. The average Bonchev–Trinajstić information content (AvgIpc) is 2.85. The molecule has 1 N–H and O–H groups in total. The van der Waals surface area contributed by atoms with Crippen LogP contribution in [0.4, 0.5) is 0 Å². The molecule has 0 bridgehead atoms. The van der Waals surface area contributed by atoms with Crippen molar-refractivity contribution in [3.05, 3.63) is 33.8 Å². The van der Waals surface area contributed by atoms with Crippen LogP contribution in [0, 0.1) is 0 Å². The fraction of sp³-hybridized carbons (Fsp3) is 0.600. The first-order chi connectivity index (χ1) is 8.83. The molecule has 1 aliphatic heterocycles. The van der Waals surface area contributed by atoms with Crippen molar-refractivity contribution in [3.8, 4) is 0 Å². The van der Waals surface area contributed by atoms with E-state index in [9.17, 15) is 0 Å². The van der Waals surface area contributed by atoms with E-state index < -0.39 is 0 Å². The molecule has 1 saturated heterocycles. The summed E-state index contributed by atoms with van der Waals surface area (Å²) in [5, 5.41) is 4.32. The molecule has 98 valence electrons. The Hall–Kier alpha value is -0.570. The molecule has 1 fully saturated rings. The number of fused-ring (bicyclic) bond motifs is 1. The maximum atomic E-state index is 6.23. The molecule has 1 aromatic carbocycles. The zero-order valence-corrected chi connectivity index (χ0v) is 11.6. The number of halogens is 1. The second-order valence-corrected chi connectivity index (χ2v) is 5.83. The maximum absolute atomic E-state index is 6.23. The summed E-state index contributed by atoms with van der Waals surface area (Å²) in [5.74, 6) is 0. The maximum Gasteiger partial charge on any atom is 0.0411 e. The minimum atomic E-state index is 0.922. The van der Waals surface area contributed by atoms with E-state index in [1.807, 2.05) is 0 Å². The second kappa shape index (κ2) is 5.60. The average molecular weight is 265 g/mol. The molecule has 2 aliphatic rings. The summed E-state index contributed by atoms with van der Waals surface area (Å²) in [4.78, 5) is 2.55. The summed E-state index contributed by atoms with van der Waals surface area (Å²) in [6.07, 6.45) is 4.93. The SMILES string of the molecule is Clc1cc2c(c(CCN3CCNCC3)c1)CCC2. The summed E-state index contributed by atoms with van der Waals surface area (Å²) in [5.41, 5.74) is 4.58. The zero-order chi connectivity index (χ0) is 12.4. The highest BCUT2D eigenvalue weighted by Gasteiger charge is 2.17. The van der Waals surface area contributed by atoms with Crippen molar-refractivity contribution in [1.82, 2.24) is 10.2 Å². The second-order valence-electron chi connectivity index (χ2n) is 5.40. The van der Waals surface area contributed by atoms with Gasteiger partial charge in [-0.3, -0.25) is 0 Å². The van der Waals surface area contributed by atoms with Crippen LogP contribution in [0.5, 0.6) is 0 Å². The number of benzene rings is 1. The minimum absolute atomic E-state index is 0.922. The molecule has 1 aromatic rings. The van der Waals surface area contributed by atoms with Crippen molar-refractivity contribution in [2.24, 2.45) is 0 Å². The Morgan fingerprint density at radius 3 is 2.83 bits per heavy atom. The van der Waals surface area contributed by atoms with Crippen molar-refractivity contribution < 1.29 is 0 Å². The number of aryl methyl sites for hydroxylation is 1. The standard InChI is InChI=1S/C15H21ClN2/c16-14-10-12-2-1-3-15(12)13(11-14)4-7-18-8-5-17-6-9-18/h10-11,17H,1-9H2. The van der Waals surface area contributed by atoms with Gasteiger partial charge in [0.05, 0.1) is 0 Å². The first kappa shape index (κ1) is 12.5. The lowest BCUT2D eigenvalue weighted by Gasteiger charge is -2.27. The van der Waals surface area contributed by atoms with Gasteiger partial charge in [-0.15, -0.1) is 0 Å². The molecule has 1 aliphatic carbocycles. The Kier molecular flexibility index (Phi) is 3.88. The molecule has 0 atom stereocenters. The third kappa shape index (κ3) is 2.71. The van der Waals surface area contributed by atoms with Crippen molar-refractivity contribution in [3.63, 3.8) is 0 Å². The Morgan fingerprint density at radius 1 is 1.17 bits per heavy atom. The zero-order valence-electron chi connectivity index (χ0n) is 10.8. The van der Waals surface area contributed by atoms with Crippen LogP contribution in [0.3, 0.4) is 0 Å². The number of nitrogens with one attached hydrogen (secondary N) is 1. The molecular weight excluding hydrogens is 244 g/mol. The van der Waals surface area contributed by atoms with Gasteiger partial charge in [0.15, 0.2) is 0 Å². The molecular formula is C15H21ClN2. The normalized spacial score (nSPS) is 20.1. The number of piperazine rings is 1. The molecule has 1 heterocycles. The lowest BCUT2D eigenvalue weighted by Crippen LogP contribution is -2.44. The predicted octanol–water partition coefficient (Wildman–Crippen LogP) is 2.28. The molecule has 0 saturated carbocycles. The van der Waals surface area contributed by atoms with Gasteiger partial charge < -0.3 is 10.2 Å². The summed E-state index contributed by atoms with van der Waals surface area (Å²) >= 11 is 6.23. The van der Waals surface area contributed by atoms with Gasteiger partial charge >= 0.3 is 0 Å². The third-order valence-corrected chi connectivity index (χ3v) is 4.40. The summed E-state index contributed by atoms with van der Waals surface area (Å²) in [7, 11) is 0.